The summed E-state index contributed by atoms with van der Waals surface area (Å²) in [7, 11) is 0. The Morgan fingerprint density at radius 3 is 2.47 bits per heavy atom. The van der Waals surface area contributed by atoms with Crippen LogP contribution in [-0.2, 0) is 12.6 Å². The van der Waals surface area contributed by atoms with Crippen molar-refractivity contribution in [2.45, 2.75) is 19.0 Å². The van der Waals surface area contributed by atoms with Crippen LogP contribution in [0.2, 0.25) is 5.02 Å². The molecule has 84 valence electrons. The van der Waals surface area contributed by atoms with Crippen LogP contribution in [0.4, 0.5) is 13.2 Å². The Morgan fingerprint density at radius 2 is 1.93 bits per heavy atom. The van der Waals surface area contributed by atoms with Crippen molar-refractivity contribution < 1.29 is 13.2 Å². The molecule has 0 unspecified atom stereocenters. The molecule has 0 heterocycles. The maximum atomic E-state index is 12.6. The van der Waals surface area contributed by atoms with E-state index >= 15 is 0 Å². The van der Waals surface area contributed by atoms with Crippen molar-refractivity contribution in [2.24, 2.45) is 0 Å². The molecule has 5 heteroatoms. The summed E-state index contributed by atoms with van der Waals surface area (Å²) in [5.41, 5.74) is -0.475. The number of alkyl halides is 3. The third-order valence-electron chi connectivity index (χ3n) is 2.01. The van der Waals surface area contributed by atoms with Gasteiger partial charge in [-0.3, -0.25) is 0 Å². The topological polar surface area (TPSA) is 0 Å². The van der Waals surface area contributed by atoms with Crippen LogP contribution < -0.4 is 0 Å². The second-order valence-corrected chi connectivity index (χ2v) is 3.95. The Morgan fingerprint density at radius 1 is 1.27 bits per heavy atom. The molecular formula is C10H10ClF3S. The van der Waals surface area contributed by atoms with Gasteiger partial charge in [-0.05, 0) is 36.3 Å². The van der Waals surface area contributed by atoms with Crippen LogP contribution in [0.1, 0.15) is 17.5 Å². The molecule has 1 aromatic rings. The lowest BCUT2D eigenvalue weighted by atomic mass is 10.0. The molecule has 0 N–H and O–H groups in total. The average molecular weight is 255 g/mol. The Balaban J connectivity index is 3.09. The lowest BCUT2D eigenvalue weighted by Gasteiger charge is -2.13. The molecule has 1 rings (SSSR count). The Bertz CT molecular complexity index is 336. The minimum atomic E-state index is -4.34. The van der Waals surface area contributed by atoms with E-state index in [9.17, 15) is 13.2 Å². The summed E-state index contributed by atoms with van der Waals surface area (Å²) in [4.78, 5) is 0. The Hall–Kier alpha value is -0.350. The molecule has 0 fully saturated rings. The Labute approximate surface area is 96.8 Å². The zero-order valence-corrected chi connectivity index (χ0v) is 9.46. The predicted molar refractivity (Wildman–Crippen MR) is 58.6 cm³/mol. The standard InChI is InChI=1S/C10H10ClF3S/c11-9-5-1-4-8(10(12,13)14)7(9)3-2-6-15/h1,4-5,15H,2-3,6H2. The highest BCUT2D eigenvalue weighted by Gasteiger charge is 2.33. The monoisotopic (exact) mass is 254 g/mol. The predicted octanol–water partition coefficient (Wildman–Crippen LogP) is 4.22. The van der Waals surface area contributed by atoms with Gasteiger partial charge in [0, 0.05) is 5.02 Å². The fourth-order valence-electron chi connectivity index (χ4n) is 1.33. The molecule has 0 aliphatic heterocycles. The van der Waals surface area contributed by atoms with Crippen molar-refractivity contribution in [3.63, 3.8) is 0 Å². The van der Waals surface area contributed by atoms with Crippen molar-refractivity contribution in [1.82, 2.24) is 0 Å². The first-order valence-electron chi connectivity index (χ1n) is 4.42. The summed E-state index contributed by atoms with van der Waals surface area (Å²) >= 11 is 9.71. The number of rotatable bonds is 3. The smallest absolute Gasteiger partial charge is 0.179 e. The average Bonchev–Trinajstić information content (AvgIpc) is 2.14. The molecular weight excluding hydrogens is 245 g/mol. The van der Waals surface area contributed by atoms with E-state index in [-0.39, 0.29) is 10.6 Å². The summed E-state index contributed by atoms with van der Waals surface area (Å²) < 4.78 is 37.7. The van der Waals surface area contributed by atoms with E-state index in [0.717, 1.165) is 6.07 Å². The van der Waals surface area contributed by atoms with E-state index in [2.05, 4.69) is 12.6 Å². The van der Waals surface area contributed by atoms with Gasteiger partial charge >= 0.3 is 6.18 Å². The van der Waals surface area contributed by atoms with E-state index in [0.29, 0.717) is 18.6 Å². The maximum Gasteiger partial charge on any atom is 0.416 e. The lowest BCUT2D eigenvalue weighted by molar-refractivity contribution is -0.138. The number of thiol groups is 1. The van der Waals surface area contributed by atoms with Crippen LogP contribution >= 0.6 is 24.2 Å². The van der Waals surface area contributed by atoms with Crippen LogP contribution in [0.25, 0.3) is 0 Å². The zero-order valence-electron chi connectivity index (χ0n) is 7.81. The van der Waals surface area contributed by atoms with Crippen LogP contribution in [0.3, 0.4) is 0 Å². The highest BCUT2D eigenvalue weighted by molar-refractivity contribution is 7.80. The zero-order chi connectivity index (χ0) is 11.5. The molecule has 0 atom stereocenters. The van der Waals surface area contributed by atoms with Gasteiger partial charge in [0.25, 0.3) is 0 Å². The van der Waals surface area contributed by atoms with Gasteiger partial charge in [-0.15, -0.1) is 0 Å². The molecule has 0 saturated heterocycles. The summed E-state index contributed by atoms with van der Waals surface area (Å²) in [6.07, 6.45) is -3.45. The molecule has 0 bridgehead atoms. The highest BCUT2D eigenvalue weighted by atomic mass is 35.5. The van der Waals surface area contributed by atoms with E-state index in [4.69, 9.17) is 11.6 Å². The maximum absolute atomic E-state index is 12.6. The van der Waals surface area contributed by atoms with Crippen molar-refractivity contribution in [3.05, 3.63) is 34.3 Å². The molecule has 0 nitrogen and oxygen atoms in total. The van der Waals surface area contributed by atoms with Gasteiger partial charge in [-0.25, -0.2) is 0 Å². The van der Waals surface area contributed by atoms with Crippen molar-refractivity contribution in [2.75, 3.05) is 5.75 Å². The second kappa shape index (κ2) is 5.12. The largest absolute Gasteiger partial charge is 0.416 e. The van der Waals surface area contributed by atoms with Crippen LogP contribution in [-0.4, -0.2) is 5.75 Å². The Kier molecular flexibility index (Phi) is 4.34. The van der Waals surface area contributed by atoms with Crippen molar-refractivity contribution in [3.8, 4) is 0 Å². The van der Waals surface area contributed by atoms with Crippen LogP contribution in [0.5, 0.6) is 0 Å². The second-order valence-electron chi connectivity index (χ2n) is 3.09. The first-order chi connectivity index (χ1) is 6.96. The number of halogens is 4. The fraction of sp³-hybridized carbons (Fsp3) is 0.400. The number of hydrogen-bond acceptors (Lipinski definition) is 1. The first kappa shape index (κ1) is 12.7. The van der Waals surface area contributed by atoms with Gasteiger partial charge in [-0.1, -0.05) is 17.7 Å². The fourth-order valence-corrected chi connectivity index (χ4v) is 1.76. The van der Waals surface area contributed by atoms with Crippen LogP contribution in [0, 0.1) is 0 Å². The molecule has 1 aromatic carbocycles. The highest BCUT2D eigenvalue weighted by Crippen LogP contribution is 2.35. The van der Waals surface area contributed by atoms with Gasteiger partial charge in [0.05, 0.1) is 5.56 Å². The van der Waals surface area contributed by atoms with Crippen LogP contribution in [0.15, 0.2) is 18.2 Å². The minimum Gasteiger partial charge on any atom is -0.179 e. The van der Waals surface area contributed by atoms with E-state index in [1.807, 2.05) is 0 Å². The quantitative estimate of drug-likeness (QED) is 0.767. The van der Waals surface area contributed by atoms with Crippen molar-refractivity contribution >= 4 is 24.2 Å². The third-order valence-corrected chi connectivity index (χ3v) is 2.68. The van der Waals surface area contributed by atoms with E-state index in [1.54, 1.807) is 0 Å². The molecule has 15 heavy (non-hydrogen) atoms. The number of benzene rings is 1. The minimum absolute atomic E-state index is 0.167. The SMILES string of the molecule is FC(F)(F)c1cccc(Cl)c1CCCS. The molecule has 0 aromatic heterocycles. The summed E-state index contributed by atoms with van der Waals surface area (Å²) in [6, 6.07) is 3.85. The van der Waals surface area contributed by atoms with E-state index < -0.39 is 11.7 Å². The molecule has 0 amide bonds. The number of hydrogen-bond donors (Lipinski definition) is 1. The van der Waals surface area contributed by atoms with Gasteiger partial charge in [0.2, 0.25) is 0 Å². The van der Waals surface area contributed by atoms with Gasteiger partial charge in [0.1, 0.15) is 0 Å². The first-order valence-corrected chi connectivity index (χ1v) is 5.43. The molecule has 0 aliphatic carbocycles. The molecule has 0 spiro atoms. The third kappa shape index (κ3) is 3.31. The van der Waals surface area contributed by atoms with Gasteiger partial charge in [-0.2, -0.15) is 25.8 Å². The normalized spacial score (nSPS) is 11.8. The van der Waals surface area contributed by atoms with Gasteiger partial charge in [0.15, 0.2) is 0 Å². The molecule has 0 aliphatic rings. The van der Waals surface area contributed by atoms with E-state index in [1.165, 1.54) is 12.1 Å². The molecule has 0 radical (unpaired) electrons. The van der Waals surface area contributed by atoms with Gasteiger partial charge < -0.3 is 0 Å². The summed E-state index contributed by atoms with van der Waals surface area (Å²) in [6.45, 7) is 0. The lowest BCUT2D eigenvalue weighted by Crippen LogP contribution is -2.09. The summed E-state index contributed by atoms with van der Waals surface area (Å²) in [5.74, 6) is 0.544. The van der Waals surface area contributed by atoms with Crippen molar-refractivity contribution in [1.29, 1.82) is 0 Å². The molecule has 0 saturated carbocycles. The summed E-state index contributed by atoms with van der Waals surface area (Å²) in [5, 5.41) is 0.173.